The molecule has 1 aromatic carbocycles. The number of piperidine rings is 1. The van der Waals surface area contributed by atoms with Crippen LogP contribution >= 0.6 is 0 Å². The predicted octanol–water partition coefficient (Wildman–Crippen LogP) is 2.44. The van der Waals surface area contributed by atoms with E-state index in [1.54, 1.807) is 6.20 Å². The van der Waals surface area contributed by atoms with E-state index in [9.17, 15) is 9.59 Å². The number of rotatable bonds is 9. The molecule has 42 heavy (non-hydrogen) atoms. The summed E-state index contributed by atoms with van der Waals surface area (Å²) in [6.07, 6.45) is 11.2. The monoisotopic (exact) mass is 572 g/mol. The van der Waals surface area contributed by atoms with Gasteiger partial charge >= 0.3 is 0 Å². The molecule has 2 amide bonds. The summed E-state index contributed by atoms with van der Waals surface area (Å²) in [6, 6.07) is 10.7. The van der Waals surface area contributed by atoms with E-state index in [1.165, 1.54) is 0 Å². The van der Waals surface area contributed by atoms with E-state index < -0.39 is 5.60 Å². The van der Waals surface area contributed by atoms with Gasteiger partial charge in [0.2, 0.25) is 5.91 Å². The van der Waals surface area contributed by atoms with Crippen LogP contribution in [0.2, 0.25) is 0 Å². The zero-order valence-corrected chi connectivity index (χ0v) is 24.7. The zero-order chi connectivity index (χ0) is 29.1. The number of hydrogen-bond acceptors (Lipinski definition) is 6. The van der Waals surface area contributed by atoms with Crippen LogP contribution in [-0.4, -0.2) is 87.7 Å². The molecule has 222 valence electrons. The summed E-state index contributed by atoms with van der Waals surface area (Å²) in [5, 5.41) is 9.13. The third kappa shape index (κ3) is 6.43. The summed E-state index contributed by atoms with van der Waals surface area (Å²) < 4.78 is 6.23. The fourth-order valence-corrected chi connectivity index (χ4v) is 6.14. The Bertz CT molecular complexity index is 1370. The van der Waals surface area contributed by atoms with Crippen LogP contribution in [0.1, 0.15) is 45.1 Å². The van der Waals surface area contributed by atoms with Gasteiger partial charge < -0.3 is 24.8 Å². The van der Waals surface area contributed by atoms with Crippen LogP contribution in [0.3, 0.4) is 0 Å². The number of nitrogens with zero attached hydrogens (tertiary/aromatic N) is 5. The maximum Gasteiger partial charge on any atom is 0.266 e. The van der Waals surface area contributed by atoms with Gasteiger partial charge in [-0.15, -0.1) is 0 Å². The van der Waals surface area contributed by atoms with Crippen molar-refractivity contribution >= 4 is 17.5 Å². The maximum absolute atomic E-state index is 13.9. The van der Waals surface area contributed by atoms with Crippen molar-refractivity contribution in [2.45, 2.75) is 57.7 Å². The van der Waals surface area contributed by atoms with Crippen molar-refractivity contribution < 1.29 is 19.6 Å². The number of aromatic amines is 1. The predicted molar refractivity (Wildman–Crippen MR) is 160 cm³/mol. The molecule has 1 saturated carbocycles. The number of nitrogens with one attached hydrogen (secondary N) is 1. The van der Waals surface area contributed by atoms with E-state index >= 15 is 0 Å². The highest BCUT2D eigenvalue weighted by atomic mass is 16.5. The SMILES string of the molecule is CC(C)(Oc1cncc(N2CCC[C@@H](C(=O)N(Cc3ccc(-c4cn[nH]c4)cc3)C3CC3)C2)c1)C(=O)N1CC[NH2+]CC1. The van der Waals surface area contributed by atoms with Gasteiger partial charge in [0.05, 0.1) is 56.4 Å². The lowest BCUT2D eigenvalue weighted by atomic mass is 9.95. The summed E-state index contributed by atoms with van der Waals surface area (Å²) in [4.78, 5) is 37.7. The molecule has 1 atom stereocenters. The Hall–Kier alpha value is -3.92. The molecule has 2 aliphatic heterocycles. The van der Waals surface area contributed by atoms with Crippen LogP contribution in [0.4, 0.5) is 5.69 Å². The highest BCUT2D eigenvalue weighted by molar-refractivity contribution is 5.85. The fraction of sp³-hybridized carbons (Fsp3) is 0.500. The molecule has 2 saturated heterocycles. The van der Waals surface area contributed by atoms with Crippen molar-refractivity contribution in [3.05, 3.63) is 60.7 Å². The molecule has 3 aromatic rings. The first kappa shape index (κ1) is 28.2. The van der Waals surface area contributed by atoms with Gasteiger partial charge in [-0.3, -0.25) is 19.7 Å². The molecule has 10 heteroatoms. The summed E-state index contributed by atoms with van der Waals surface area (Å²) in [7, 11) is 0. The van der Waals surface area contributed by atoms with Crippen molar-refractivity contribution in [2.75, 3.05) is 44.2 Å². The number of amides is 2. The number of carbonyl (C=O) groups is 2. The second-order valence-electron chi connectivity index (χ2n) is 12.3. The largest absolute Gasteiger partial charge is 0.476 e. The molecule has 10 nitrogen and oxygen atoms in total. The second-order valence-corrected chi connectivity index (χ2v) is 12.3. The minimum Gasteiger partial charge on any atom is -0.476 e. The van der Waals surface area contributed by atoms with Gasteiger partial charge in [0.15, 0.2) is 5.60 Å². The molecular formula is C32H42N7O3+. The molecule has 0 unspecified atom stereocenters. The third-order valence-electron chi connectivity index (χ3n) is 8.63. The Morgan fingerprint density at radius 2 is 1.83 bits per heavy atom. The number of ether oxygens (including phenoxy) is 1. The van der Waals surface area contributed by atoms with E-state index in [4.69, 9.17) is 4.74 Å². The molecule has 3 aliphatic rings. The smallest absolute Gasteiger partial charge is 0.266 e. The first-order chi connectivity index (χ1) is 20.4. The van der Waals surface area contributed by atoms with E-state index in [-0.39, 0.29) is 17.7 Å². The lowest BCUT2D eigenvalue weighted by Crippen LogP contribution is -2.90. The Morgan fingerprint density at radius 3 is 2.55 bits per heavy atom. The van der Waals surface area contributed by atoms with Crippen LogP contribution in [0, 0.1) is 5.92 Å². The summed E-state index contributed by atoms with van der Waals surface area (Å²) in [5.74, 6) is 0.748. The third-order valence-corrected chi connectivity index (χ3v) is 8.63. The lowest BCUT2D eigenvalue weighted by molar-refractivity contribution is -0.662. The molecule has 4 heterocycles. The number of hydrogen-bond donors (Lipinski definition) is 2. The van der Waals surface area contributed by atoms with Gasteiger partial charge in [-0.2, -0.15) is 5.10 Å². The van der Waals surface area contributed by atoms with E-state index in [1.807, 2.05) is 43.4 Å². The van der Waals surface area contributed by atoms with Crippen molar-refractivity contribution in [1.82, 2.24) is 25.0 Å². The number of anilines is 1. The average Bonchev–Trinajstić information content (AvgIpc) is 3.72. The number of nitrogens with two attached hydrogens (primary N) is 1. The maximum atomic E-state index is 13.9. The zero-order valence-electron chi connectivity index (χ0n) is 24.7. The first-order valence-corrected chi connectivity index (χ1v) is 15.3. The minimum absolute atomic E-state index is 0.000853. The fourth-order valence-electron chi connectivity index (χ4n) is 6.14. The number of H-pyrrole nitrogens is 1. The number of piperazine rings is 1. The van der Waals surface area contributed by atoms with Gasteiger partial charge in [0.25, 0.3) is 5.91 Å². The van der Waals surface area contributed by atoms with Crippen LogP contribution < -0.4 is 15.0 Å². The quantitative estimate of drug-likeness (QED) is 0.408. The van der Waals surface area contributed by atoms with E-state index in [0.717, 1.165) is 80.8 Å². The van der Waals surface area contributed by atoms with Gasteiger partial charge in [0.1, 0.15) is 5.75 Å². The standard InChI is InChI=1S/C32H41N7O3/c1-32(2,31(41)37-14-11-33-12-15-37)42-29-16-28(19-34-20-29)38-13-3-4-25(22-38)30(40)39(27-9-10-27)21-23-5-7-24(8-6-23)26-17-35-36-18-26/h5-8,16-20,25,27,33H,3-4,9-15,21-22H2,1-2H3,(H,35,36)/p+1/t25-/m1/s1. The van der Waals surface area contributed by atoms with E-state index in [2.05, 4.69) is 54.6 Å². The van der Waals surface area contributed by atoms with Gasteiger partial charge in [-0.05, 0) is 50.7 Å². The van der Waals surface area contributed by atoms with Gasteiger partial charge in [-0.1, -0.05) is 24.3 Å². The van der Waals surface area contributed by atoms with Crippen molar-refractivity contribution in [3.8, 4) is 16.9 Å². The summed E-state index contributed by atoms with van der Waals surface area (Å²) >= 11 is 0. The summed E-state index contributed by atoms with van der Waals surface area (Å²) in [5.41, 5.74) is 3.24. The molecule has 3 fully saturated rings. The molecule has 0 radical (unpaired) electrons. The van der Waals surface area contributed by atoms with Crippen molar-refractivity contribution in [3.63, 3.8) is 0 Å². The van der Waals surface area contributed by atoms with Crippen molar-refractivity contribution in [1.29, 1.82) is 0 Å². The molecule has 3 N–H and O–H groups in total. The number of aromatic nitrogens is 3. The number of pyridine rings is 1. The Morgan fingerprint density at radius 1 is 1.05 bits per heavy atom. The number of carbonyl (C=O) groups excluding carboxylic acids is 2. The Kier molecular flexibility index (Phi) is 8.15. The van der Waals surface area contributed by atoms with Crippen molar-refractivity contribution in [2.24, 2.45) is 5.92 Å². The normalized spacial score (nSPS) is 19.4. The Balaban J connectivity index is 1.10. The minimum atomic E-state index is -0.987. The highest BCUT2D eigenvalue weighted by Crippen LogP contribution is 2.33. The molecular weight excluding hydrogens is 530 g/mol. The van der Waals surface area contributed by atoms with Crippen LogP contribution in [0.25, 0.3) is 11.1 Å². The molecule has 0 spiro atoms. The summed E-state index contributed by atoms with van der Waals surface area (Å²) in [6.45, 7) is 9.12. The van der Waals surface area contributed by atoms with Crippen LogP contribution in [0.15, 0.2) is 55.1 Å². The first-order valence-electron chi connectivity index (χ1n) is 15.3. The molecule has 0 bridgehead atoms. The van der Waals surface area contributed by atoms with Gasteiger partial charge in [0, 0.05) is 43.5 Å². The molecule has 6 rings (SSSR count). The van der Waals surface area contributed by atoms with Crippen LogP contribution in [0.5, 0.6) is 5.75 Å². The van der Waals surface area contributed by atoms with Crippen LogP contribution in [-0.2, 0) is 16.1 Å². The Labute approximate surface area is 247 Å². The molecule has 2 aromatic heterocycles. The lowest BCUT2D eigenvalue weighted by Gasteiger charge is -2.37. The van der Waals surface area contributed by atoms with E-state index in [0.29, 0.717) is 24.9 Å². The number of benzene rings is 1. The van der Waals surface area contributed by atoms with Gasteiger partial charge in [-0.25, -0.2) is 0 Å². The highest BCUT2D eigenvalue weighted by Gasteiger charge is 2.38. The average molecular weight is 573 g/mol. The second kappa shape index (κ2) is 12.1. The topological polar surface area (TPSA) is 111 Å². The molecule has 1 aliphatic carbocycles. The number of quaternary nitrogens is 1.